The van der Waals surface area contributed by atoms with Gasteiger partial charge in [0, 0.05) is 11.1 Å². The fraction of sp³-hybridized carbons (Fsp3) is 0.120. The Labute approximate surface area is 198 Å². The molecule has 0 unspecified atom stereocenters. The molecule has 8 heteroatoms. The van der Waals surface area contributed by atoms with Gasteiger partial charge in [-0.1, -0.05) is 36.4 Å². The monoisotopic (exact) mass is 513 g/mol. The van der Waals surface area contributed by atoms with Crippen LogP contribution in [0.5, 0.6) is 11.5 Å². The molecule has 0 aliphatic carbocycles. The maximum atomic E-state index is 13.9. The zero-order valence-electron chi connectivity index (χ0n) is 17.7. The molecule has 6 nitrogen and oxygen atoms in total. The molecule has 0 radical (unpaired) electrons. The molecule has 3 aromatic rings. The van der Waals surface area contributed by atoms with Crippen molar-refractivity contribution in [1.82, 2.24) is 5.32 Å². The summed E-state index contributed by atoms with van der Waals surface area (Å²) in [6, 6.07) is 17.8. The molecule has 0 atom stereocenters. The summed E-state index contributed by atoms with van der Waals surface area (Å²) >= 11 is 3.41. The summed E-state index contributed by atoms with van der Waals surface area (Å²) < 4.78 is 25.9. The molecule has 170 valence electrons. The summed E-state index contributed by atoms with van der Waals surface area (Å²) in [5.74, 6) is -1.53. The molecular formula is C25H21BrFNO5. The number of halogens is 2. The highest BCUT2D eigenvalue weighted by atomic mass is 79.9. The van der Waals surface area contributed by atoms with E-state index >= 15 is 0 Å². The molecule has 0 fully saturated rings. The second kappa shape index (κ2) is 11.3. The molecule has 3 aromatic carbocycles. The van der Waals surface area contributed by atoms with E-state index in [9.17, 15) is 19.1 Å². The van der Waals surface area contributed by atoms with Gasteiger partial charge in [-0.3, -0.25) is 4.79 Å². The second-order valence-corrected chi connectivity index (χ2v) is 7.68. The molecule has 0 bridgehead atoms. The SMILES string of the molecule is CCOc1cc(C=C(NC(=O)c2ccccc2)C(=O)O)cc(Br)c1OCc1ccccc1F. The standard InChI is InChI=1S/C25H21BrFNO5/c1-2-32-22-14-16(12-19(26)23(22)33-15-18-10-6-7-11-20(18)27)13-21(25(30)31)28-24(29)17-8-4-3-5-9-17/h3-14H,2,15H2,1H3,(H,28,29)(H,30,31). The van der Waals surface area contributed by atoms with E-state index in [2.05, 4.69) is 21.2 Å². The van der Waals surface area contributed by atoms with Crippen LogP contribution in [0.4, 0.5) is 4.39 Å². The van der Waals surface area contributed by atoms with Crippen LogP contribution in [-0.4, -0.2) is 23.6 Å². The number of carbonyl (C=O) groups excluding carboxylic acids is 1. The van der Waals surface area contributed by atoms with Crippen LogP contribution in [0.3, 0.4) is 0 Å². The van der Waals surface area contributed by atoms with E-state index in [1.165, 1.54) is 12.1 Å². The number of hydrogen-bond acceptors (Lipinski definition) is 4. The van der Waals surface area contributed by atoms with Crippen LogP contribution in [-0.2, 0) is 11.4 Å². The van der Waals surface area contributed by atoms with Gasteiger partial charge in [0.05, 0.1) is 11.1 Å². The number of carboxylic acids is 1. The summed E-state index contributed by atoms with van der Waals surface area (Å²) in [6.07, 6.45) is 1.32. The number of ether oxygens (including phenoxy) is 2. The van der Waals surface area contributed by atoms with Crippen molar-refractivity contribution in [2.75, 3.05) is 6.61 Å². The van der Waals surface area contributed by atoms with Crippen molar-refractivity contribution in [1.29, 1.82) is 0 Å². The minimum Gasteiger partial charge on any atom is -0.490 e. The van der Waals surface area contributed by atoms with Gasteiger partial charge in [0.25, 0.3) is 5.91 Å². The van der Waals surface area contributed by atoms with Crippen LogP contribution < -0.4 is 14.8 Å². The molecule has 3 rings (SSSR count). The molecular weight excluding hydrogens is 493 g/mol. The van der Waals surface area contributed by atoms with Gasteiger partial charge in [-0.25, -0.2) is 9.18 Å². The normalized spacial score (nSPS) is 11.1. The number of nitrogens with one attached hydrogen (secondary N) is 1. The summed E-state index contributed by atoms with van der Waals surface area (Å²) in [6.45, 7) is 2.10. The first-order chi connectivity index (χ1) is 15.9. The van der Waals surface area contributed by atoms with Gasteiger partial charge in [-0.15, -0.1) is 0 Å². The fourth-order valence-electron chi connectivity index (χ4n) is 2.94. The number of benzene rings is 3. The van der Waals surface area contributed by atoms with Crippen LogP contribution in [0.1, 0.15) is 28.4 Å². The molecule has 33 heavy (non-hydrogen) atoms. The lowest BCUT2D eigenvalue weighted by Gasteiger charge is -2.15. The predicted octanol–water partition coefficient (Wildman–Crippen LogP) is 5.42. The highest BCUT2D eigenvalue weighted by Gasteiger charge is 2.16. The minimum absolute atomic E-state index is 0.0198. The lowest BCUT2D eigenvalue weighted by molar-refractivity contribution is -0.132. The third-order valence-corrected chi connectivity index (χ3v) is 5.08. The summed E-state index contributed by atoms with van der Waals surface area (Å²) in [5, 5.41) is 12.0. The lowest BCUT2D eigenvalue weighted by Crippen LogP contribution is -2.27. The molecule has 0 aromatic heterocycles. The van der Waals surface area contributed by atoms with E-state index in [1.807, 2.05) is 0 Å². The summed E-state index contributed by atoms with van der Waals surface area (Å²) in [4.78, 5) is 24.1. The Balaban J connectivity index is 1.88. The average Bonchev–Trinajstić information content (AvgIpc) is 2.80. The van der Waals surface area contributed by atoms with Gasteiger partial charge in [-0.05, 0) is 64.8 Å². The van der Waals surface area contributed by atoms with Gasteiger partial charge < -0.3 is 19.9 Å². The van der Waals surface area contributed by atoms with Gasteiger partial charge >= 0.3 is 5.97 Å². The number of rotatable bonds is 9. The largest absolute Gasteiger partial charge is 0.490 e. The number of carboxylic acid groups (broad SMARTS) is 1. The van der Waals surface area contributed by atoms with Gasteiger partial charge in [0.2, 0.25) is 0 Å². The third kappa shape index (κ3) is 6.43. The molecule has 0 saturated carbocycles. The zero-order chi connectivity index (χ0) is 23.8. The summed E-state index contributed by atoms with van der Waals surface area (Å²) in [7, 11) is 0. The third-order valence-electron chi connectivity index (χ3n) is 4.49. The Kier molecular flexibility index (Phi) is 8.21. The van der Waals surface area contributed by atoms with Gasteiger partial charge in [0.15, 0.2) is 11.5 Å². The number of hydrogen-bond donors (Lipinski definition) is 2. The first-order valence-electron chi connectivity index (χ1n) is 10.0. The van der Waals surface area contributed by atoms with Crippen molar-refractivity contribution in [3.63, 3.8) is 0 Å². The molecule has 0 aliphatic heterocycles. The van der Waals surface area contributed by atoms with E-state index in [-0.39, 0.29) is 18.1 Å². The van der Waals surface area contributed by atoms with Crippen LogP contribution in [0, 0.1) is 5.82 Å². The Hall–Kier alpha value is -3.65. The maximum Gasteiger partial charge on any atom is 0.352 e. The fourth-order valence-corrected chi connectivity index (χ4v) is 3.52. The Morgan fingerprint density at radius 3 is 2.42 bits per heavy atom. The van der Waals surface area contributed by atoms with Crippen molar-refractivity contribution < 1.29 is 28.6 Å². The van der Waals surface area contributed by atoms with Crippen LogP contribution in [0.15, 0.2) is 76.9 Å². The topological polar surface area (TPSA) is 84.9 Å². The minimum atomic E-state index is -1.30. The molecule has 0 heterocycles. The Morgan fingerprint density at radius 1 is 1.06 bits per heavy atom. The molecule has 0 aliphatic rings. The van der Waals surface area contributed by atoms with Crippen molar-refractivity contribution in [2.45, 2.75) is 13.5 Å². The van der Waals surface area contributed by atoms with Crippen LogP contribution in [0.25, 0.3) is 6.08 Å². The molecule has 1 amide bonds. The smallest absolute Gasteiger partial charge is 0.352 e. The van der Waals surface area contributed by atoms with Gasteiger partial charge in [0.1, 0.15) is 18.1 Å². The Morgan fingerprint density at radius 2 is 1.76 bits per heavy atom. The van der Waals surface area contributed by atoms with Crippen LogP contribution in [0.2, 0.25) is 0 Å². The molecule has 0 saturated heterocycles. The van der Waals surface area contributed by atoms with Crippen molar-refractivity contribution >= 4 is 33.9 Å². The van der Waals surface area contributed by atoms with E-state index in [1.54, 1.807) is 67.6 Å². The summed E-state index contributed by atoms with van der Waals surface area (Å²) in [5.41, 5.74) is 0.859. The van der Waals surface area contributed by atoms with Gasteiger partial charge in [-0.2, -0.15) is 0 Å². The average molecular weight is 514 g/mol. The van der Waals surface area contributed by atoms with Crippen molar-refractivity contribution in [3.8, 4) is 11.5 Å². The molecule has 2 N–H and O–H groups in total. The van der Waals surface area contributed by atoms with Crippen LogP contribution >= 0.6 is 15.9 Å². The second-order valence-electron chi connectivity index (χ2n) is 6.83. The van der Waals surface area contributed by atoms with E-state index < -0.39 is 11.9 Å². The highest BCUT2D eigenvalue weighted by molar-refractivity contribution is 9.10. The quantitative estimate of drug-likeness (QED) is 0.373. The van der Waals surface area contributed by atoms with Crippen molar-refractivity contribution in [3.05, 3.63) is 99.4 Å². The number of aliphatic carboxylic acids is 1. The Bertz CT molecular complexity index is 1180. The lowest BCUT2D eigenvalue weighted by atomic mass is 10.1. The number of carbonyl (C=O) groups is 2. The maximum absolute atomic E-state index is 13.9. The van der Waals surface area contributed by atoms with E-state index in [0.717, 1.165) is 0 Å². The predicted molar refractivity (Wildman–Crippen MR) is 126 cm³/mol. The van der Waals surface area contributed by atoms with E-state index in [4.69, 9.17) is 9.47 Å². The first-order valence-corrected chi connectivity index (χ1v) is 10.8. The van der Waals surface area contributed by atoms with Crippen molar-refractivity contribution in [2.24, 2.45) is 0 Å². The highest BCUT2D eigenvalue weighted by Crippen LogP contribution is 2.38. The van der Waals surface area contributed by atoms with E-state index in [0.29, 0.717) is 39.3 Å². The zero-order valence-corrected chi connectivity index (χ0v) is 19.3. The molecule has 0 spiro atoms. The first kappa shape index (κ1) is 24.0. The number of amides is 1.